The predicted molar refractivity (Wildman–Crippen MR) is 438 cm³/mol. The molecule has 576 valence electrons. The van der Waals surface area contributed by atoms with Gasteiger partial charge in [0.25, 0.3) is 10.0 Å². The standard InChI is InChI=1S/C19H16ClN5O2S.C13H15N3O2.C13H15N3O.C13H15N3.C12H12FN3O.C11H12N4O/c1-22-18-10-16(23-19(21)24-18)15-11-25(17-5-3-2-4-14(15)17)28(26,27)13-8-6-12(20)7-9-13;1-3-9-7-10(16-13(14)15-9)8-4-5-11(17)12(6-8)18-2;1-2-11-7-12(16-13(14)15-11)10-5-3-9(8-17)4-6-10;1-3-10-8-12(16-13(14)15-10)11-7-5-4-6-9(11)2;1-2-8-6-10(16-12(14)15-8)7-3-4-11(17)9(13)5-7;1-2-8-5-9(15-11(12)14-8)7-3-4-10(16)13-6-7/h2-11H,1H3,(H3,21,22,23,24);4-7,17H,3H2,1-2H3,(H2,14,15,16);3-7,17H,2,8H2,1H3,(H2,14,15,16);4-8H,3H2,1-2H3,(H2,14,15,16);3-6,17H,2H2,1H3,(H2,14,15,16);3-6H,2H2,1H3,(H,13,16)(H2,12,14,15). The number of benzene rings is 6. The van der Waals surface area contributed by atoms with Crippen molar-refractivity contribution in [1.29, 1.82) is 0 Å². The fraction of sp³-hybridized carbons (Fsp3) is 0.173. The van der Waals surface area contributed by atoms with Crippen LogP contribution in [0.4, 0.5) is 45.9 Å². The third-order valence-corrected chi connectivity index (χ3v) is 18.7. The number of nitrogens with two attached hydrogens (primary N) is 6. The van der Waals surface area contributed by atoms with Crippen molar-refractivity contribution in [1.82, 2.24) is 68.8 Å². The second kappa shape index (κ2) is 38.5. The summed E-state index contributed by atoms with van der Waals surface area (Å²) >= 11 is 5.90. The van der Waals surface area contributed by atoms with E-state index in [2.05, 4.69) is 96.1 Å². The number of nitrogens with one attached hydrogen (secondary N) is 2. The number of hydrogen-bond donors (Lipinski definition) is 11. The minimum atomic E-state index is -3.83. The van der Waals surface area contributed by atoms with Crippen molar-refractivity contribution in [2.24, 2.45) is 0 Å². The van der Waals surface area contributed by atoms with Gasteiger partial charge in [0, 0.05) is 104 Å². The Labute approximate surface area is 651 Å². The number of nitrogen functional groups attached to an aromatic ring is 6. The van der Waals surface area contributed by atoms with Gasteiger partial charge in [-0.25, -0.2) is 71.6 Å². The first-order chi connectivity index (χ1) is 53.7. The van der Waals surface area contributed by atoms with Crippen LogP contribution in [0.3, 0.4) is 0 Å². The van der Waals surface area contributed by atoms with E-state index in [-0.39, 0.29) is 52.4 Å². The summed E-state index contributed by atoms with van der Waals surface area (Å²) in [7, 11) is -0.601. The van der Waals surface area contributed by atoms with Crippen LogP contribution in [-0.4, -0.2) is 107 Å². The molecule has 17 N–H and O–H groups in total. The van der Waals surface area contributed by atoms with Gasteiger partial charge < -0.3 is 64.8 Å². The van der Waals surface area contributed by atoms with Crippen molar-refractivity contribution in [2.75, 3.05) is 53.9 Å². The largest absolute Gasteiger partial charge is 0.505 e. The summed E-state index contributed by atoms with van der Waals surface area (Å²) in [4.78, 5) is 63.5. The fourth-order valence-electron chi connectivity index (χ4n) is 10.9. The molecule has 0 spiro atoms. The summed E-state index contributed by atoms with van der Waals surface area (Å²) in [5, 5.41) is 31.8. The first kappa shape index (κ1) is 82.5. The molecular formula is C81H85ClFN21O7S. The number of phenolic OH excluding ortho intramolecular Hbond substituents is 2. The lowest BCUT2D eigenvalue weighted by Gasteiger charge is -2.08. The maximum absolute atomic E-state index is 13.2. The number of anilines is 7. The summed E-state index contributed by atoms with van der Waals surface area (Å²) < 4.78 is 46.0. The van der Waals surface area contributed by atoms with Crippen LogP contribution in [0.25, 0.3) is 78.4 Å². The zero-order chi connectivity index (χ0) is 80.8. The van der Waals surface area contributed by atoms with Crippen molar-refractivity contribution in [3.8, 4) is 84.8 Å². The number of methoxy groups -OCH3 is 1. The topological polar surface area (TPSA) is 465 Å². The fourth-order valence-corrected chi connectivity index (χ4v) is 12.4. The molecule has 6 aromatic carbocycles. The number of para-hydroxylation sites is 1. The second-order valence-corrected chi connectivity index (χ2v) is 26.8. The number of aromatic hydroxyl groups is 2. The first-order valence-electron chi connectivity index (χ1n) is 35.2. The Morgan fingerprint density at radius 2 is 0.920 bits per heavy atom. The van der Waals surface area contributed by atoms with Crippen LogP contribution in [-0.2, 0) is 48.7 Å². The summed E-state index contributed by atoms with van der Waals surface area (Å²) in [5.74, 6) is 1.37. The van der Waals surface area contributed by atoms with E-state index in [0.717, 1.165) is 117 Å². The number of hydrogen-bond acceptors (Lipinski definition) is 26. The van der Waals surface area contributed by atoms with Crippen LogP contribution in [0.2, 0.25) is 5.02 Å². The molecule has 0 amide bonds. The Morgan fingerprint density at radius 3 is 1.39 bits per heavy atom. The normalized spacial score (nSPS) is 10.7. The lowest BCUT2D eigenvalue weighted by Crippen LogP contribution is -2.11. The van der Waals surface area contributed by atoms with Gasteiger partial charge in [0.2, 0.25) is 41.2 Å². The molecule has 0 fully saturated rings. The number of aromatic amines is 1. The maximum Gasteiger partial charge on any atom is 0.268 e. The van der Waals surface area contributed by atoms with Gasteiger partial charge >= 0.3 is 0 Å². The monoisotopic (exact) mass is 1550 g/mol. The van der Waals surface area contributed by atoms with Crippen LogP contribution < -0.4 is 50.0 Å². The third-order valence-electron chi connectivity index (χ3n) is 16.8. The third kappa shape index (κ3) is 21.9. The molecule has 14 rings (SSSR count). The van der Waals surface area contributed by atoms with E-state index in [1.807, 2.05) is 100 Å². The highest BCUT2D eigenvalue weighted by atomic mass is 35.5. The average Bonchev–Trinajstić information content (AvgIpc) is 1.60. The molecule has 8 aromatic heterocycles. The zero-order valence-corrected chi connectivity index (χ0v) is 64.2. The van der Waals surface area contributed by atoms with Gasteiger partial charge in [-0.2, -0.15) is 4.98 Å². The number of aliphatic hydroxyl groups excluding tert-OH is 1. The van der Waals surface area contributed by atoms with Gasteiger partial charge in [0.1, 0.15) is 5.82 Å². The highest BCUT2D eigenvalue weighted by Gasteiger charge is 2.23. The van der Waals surface area contributed by atoms with Crippen molar-refractivity contribution in [2.45, 2.75) is 85.1 Å². The minimum absolute atomic E-state index is 0.0480. The van der Waals surface area contributed by atoms with Crippen LogP contribution in [0.5, 0.6) is 17.2 Å². The summed E-state index contributed by atoms with van der Waals surface area (Å²) in [6.45, 7) is 12.2. The van der Waals surface area contributed by atoms with E-state index in [1.54, 1.807) is 86.2 Å². The Hall–Kier alpha value is -13.6. The Balaban J connectivity index is 0.000000157. The van der Waals surface area contributed by atoms with Gasteiger partial charge in [0.05, 0.1) is 58.3 Å². The average molecular weight is 1550 g/mol. The number of phenols is 2. The number of aliphatic hydroxyl groups is 1. The molecule has 0 unspecified atom stereocenters. The maximum atomic E-state index is 13.2. The summed E-state index contributed by atoms with van der Waals surface area (Å²) in [5.41, 5.74) is 50.2. The quantitative estimate of drug-likeness (QED) is 0.0428. The minimum Gasteiger partial charge on any atom is -0.505 e. The van der Waals surface area contributed by atoms with Crippen LogP contribution >= 0.6 is 11.6 Å². The highest BCUT2D eigenvalue weighted by Crippen LogP contribution is 2.35. The Kier molecular flexibility index (Phi) is 28.3. The number of nitrogens with zero attached hydrogens (tertiary/aromatic N) is 13. The van der Waals surface area contributed by atoms with E-state index in [4.69, 9.17) is 61.0 Å². The first-order valence-corrected chi connectivity index (χ1v) is 37.0. The van der Waals surface area contributed by atoms with E-state index in [1.165, 1.54) is 47.0 Å². The van der Waals surface area contributed by atoms with Crippen molar-refractivity contribution in [3.63, 3.8) is 0 Å². The number of H-pyrrole nitrogens is 1. The lowest BCUT2D eigenvalue weighted by molar-refractivity contribution is 0.282. The van der Waals surface area contributed by atoms with E-state index in [9.17, 15) is 22.7 Å². The molecule has 28 nitrogen and oxygen atoms in total. The van der Waals surface area contributed by atoms with Gasteiger partial charge in [-0.3, -0.25) is 4.79 Å². The number of halogens is 2. The van der Waals surface area contributed by atoms with Crippen LogP contribution in [0.15, 0.2) is 204 Å². The lowest BCUT2D eigenvalue weighted by atomic mass is 10.0. The smallest absolute Gasteiger partial charge is 0.268 e. The predicted octanol–water partition coefficient (Wildman–Crippen LogP) is 13.1. The van der Waals surface area contributed by atoms with Gasteiger partial charge in [-0.05, 0) is 153 Å². The van der Waals surface area contributed by atoms with Crippen molar-refractivity contribution >= 4 is 74.0 Å². The van der Waals surface area contributed by atoms with Crippen LogP contribution in [0.1, 0.15) is 74.2 Å². The molecule has 31 heteroatoms. The number of pyridine rings is 1. The highest BCUT2D eigenvalue weighted by molar-refractivity contribution is 7.90. The van der Waals surface area contributed by atoms with E-state index >= 15 is 0 Å². The molecule has 0 aliphatic heterocycles. The zero-order valence-electron chi connectivity index (χ0n) is 62.6. The molecule has 0 radical (unpaired) electrons. The number of fused-ring (bicyclic) bond motifs is 1. The molecule has 0 bridgehead atoms. The molecule has 0 aliphatic carbocycles. The second-order valence-electron chi connectivity index (χ2n) is 24.5. The molecule has 0 saturated carbocycles. The molecule has 14 aromatic rings. The number of aromatic nitrogens is 14. The number of ether oxygens (including phenoxy) is 1. The molecule has 8 heterocycles. The molecule has 0 saturated heterocycles. The van der Waals surface area contributed by atoms with Gasteiger partial charge in [0.15, 0.2) is 23.1 Å². The SMILES string of the molecule is CCc1cc(-c2ccc(=O)[nH]c2)nc(N)n1.CCc1cc(-c2ccc(CO)cc2)nc(N)n1.CCc1cc(-c2ccc(O)c(F)c2)nc(N)n1.CCc1cc(-c2ccc(O)c(OC)c2)nc(N)n1.CCc1cc(-c2ccccc2C)nc(N)n1.CNc1cc(-c2cn(S(=O)(=O)c3ccc(Cl)cc3)c3ccccc23)nc(N)n1. The van der Waals surface area contributed by atoms with Gasteiger partial charge in [-0.15, -0.1) is 0 Å². The van der Waals surface area contributed by atoms with Gasteiger partial charge in [-0.1, -0.05) is 113 Å². The Bertz CT molecular complexity index is 5740. The Morgan fingerprint density at radius 1 is 0.491 bits per heavy atom. The number of aryl methyl sites for hydroxylation is 6. The summed E-state index contributed by atoms with van der Waals surface area (Å²) in [6, 6.07) is 52.5. The molecule has 112 heavy (non-hydrogen) atoms. The van der Waals surface area contributed by atoms with Crippen LogP contribution in [0, 0.1) is 12.7 Å². The number of rotatable bonds is 16. The van der Waals surface area contributed by atoms with E-state index < -0.39 is 15.8 Å². The molecule has 0 aliphatic rings. The molecule has 0 atom stereocenters. The van der Waals surface area contributed by atoms with Crippen molar-refractivity contribution < 1.29 is 32.9 Å². The summed E-state index contributed by atoms with van der Waals surface area (Å²) in [6.07, 6.45) is 7.16. The van der Waals surface area contributed by atoms with E-state index in [0.29, 0.717) is 56.5 Å². The molecular weight excluding hydrogens is 1470 g/mol. The van der Waals surface area contributed by atoms with Crippen molar-refractivity contribution in [3.05, 3.63) is 255 Å².